The van der Waals surface area contributed by atoms with E-state index in [0.29, 0.717) is 5.69 Å². The van der Waals surface area contributed by atoms with E-state index in [2.05, 4.69) is 26.1 Å². The average Bonchev–Trinajstić information content (AvgIpc) is 2.61. The van der Waals surface area contributed by atoms with Gasteiger partial charge in [-0.25, -0.2) is 9.18 Å². The number of aromatic nitrogens is 3. The Bertz CT molecular complexity index is 538. The first-order valence-electron chi connectivity index (χ1n) is 4.20. The lowest BCUT2D eigenvalue weighted by atomic mass is 10.3. The lowest BCUT2D eigenvalue weighted by Crippen LogP contribution is -2.02. The van der Waals surface area contributed by atoms with E-state index in [-0.39, 0.29) is 16.1 Å². The van der Waals surface area contributed by atoms with Crippen molar-refractivity contribution in [2.45, 2.75) is 0 Å². The Kier molecular flexibility index (Phi) is 2.69. The third-order valence-electron chi connectivity index (χ3n) is 1.83. The molecule has 0 saturated carbocycles. The zero-order chi connectivity index (χ0) is 11.7. The van der Waals surface area contributed by atoms with E-state index < -0.39 is 5.97 Å². The van der Waals surface area contributed by atoms with Crippen molar-refractivity contribution in [2.75, 3.05) is 0 Å². The van der Waals surface area contributed by atoms with E-state index in [9.17, 15) is 9.18 Å². The number of aromatic carboxylic acids is 1. The molecule has 0 saturated heterocycles. The van der Waals surface area contributed by atoms with Crippen LogP contribution in [0.5, 0.6) is 0 Å². The molecule has 0 amide bonds. The molecule has 1 N–H and O–H groups in total. The number of rotatable bonds is 2. The minimum absolute atomic E-state index is 0.129. The molecule has 0 atom stereocenters. The van der Waals surface area contributed by atoms with Crippen LogP contribution in [0.1, 0.15) is 10.5 Å². The molecular formula is C9H5BrFN3O2. The summed E-state index contributed by atoms with van der Waals surface area (Å²) < 4.78 is 12.8. The Morgan fingerprint density at radius 3 is 2.44 bits per heavy atom. The Morgan fingerprint density at radius 2 is 1.94 bits per heavy atom. The summed E-state index contributed by atoms with van der Waals surface area (Å²) in [4.78, 5) is 11.8. The van der Waals surface area contributed by atoms with Gasteiger partial charge in [-0.3, -0.25) is 0 Å². The number of carboxylic acid groups (broad SMARTS) is 1. The molecule has 0 aliphatic rings. The quantitative estimate of drug-likeness (QED) is 0.915. The predicted molar refractivity (Wildman–Crippen MR) is 56.0 cm³/mol. The SMILES string of the molecule is O=C(O)c1nn(-c2ccc(F)cc2)nc1Br. The third kappa shape index (κ3) is 1.94. The predicted octanol–water partition coefficient (Wildman–Crippen LogP) is 1.87. The van der Waals surface area contributed by atoms with Gasteiger partial charge in [-0.1, -0.05) is 0 Å². The molecule has 0 bridgehead atoms. The fraction of sp³-hybridized carbons (Fsp3) is 0. The number of nitrogens with zero attached hydrogens (tertiary/aromatic N) is 3. The summed E-state index contributed by atoms with van der Waals surface area (Å²) in [5.74, 6) is -1.56. The monoisotopic (exact) mass is 285 g/mol. The summed E-state index contributed by atoms with van der Waals surface area (Å²) in [5, 5.41) is 16.4. The smallest absolute Gasteiger partial charge is 0.359 e. The zero-order valence-electron chi connectivity index (χ0n) is 7.76. The standard InChI is InChI=1S/C9H5BrFN3O2/c10-8-7(9(15)16)12-14(13-8)6-3-1-5(11)2-4-6/h1-4H,(H,15,16). The maximum Gasteiger partial charge on any atom is 0.359 e. The van der Waals surface area contributed by atoms with Crippen molar-refractivity contribution in [1.29, 1.82) is 0 Å². The number of carbonyl (C=O) groups is 1. The molecule has 82 valence electrons. The van der Waals surface area contributed by atoms with Gasteiger partial charge in [-0.2, -0.15) is 0 Å². The van der Waals surface area contributed by atoms with E-state index in [1.165, 1.54) is 24.3 Å². The topological polar surface area (TPSA) is 68.0 Å². The van der Waals surface area contributed by atoms with E-state index in [1.54, 1.807) is 0 Å². The second-order valence-corrected chi connectivity index (χ2v) is 3.66. The molecule has 0 spiro atoms. The lowest BCUT2D eigenvalue weighted by molar-refractivity contribution is 0.0689. The lowest BCUT2D eigenvalue weighted by Gasteiger charge is -1.97. The third-order valence-corrected chi connectivity index (χ3v) is 2.37. The van der Waals surface area contributed by atoms with Gasteiger partial charge >= 0.3 is 5.97 Å². The molecule has 0 radical (unpaired) electrons. The van der Waals surface area contributed by atoms with Gasteiger partial charge < -0.3 is 5.11 Å². The van der Waals surface area contributed by atoms with Crippen LogP contribution in [0.25, 0.3) is 5.69 Å². The molecule has 16 heavy (non-hydrogen) atoms. The summed E-state index contributed by atoms with van der Waals surface area (Å²) >= 11 is 2.98. The highest BCUT2D eigenvalue weighted by Gasteiger charge is 2.15. The zero-order valence-corrected chi connectivity index (χ0v) is 9.35. The fourth-order valence-corrected chi connectivity index (χ4v) is 1.51. The normalized spacial score (nSPS) is 10.4. The van der Waals surface area contributed by atoms with Gasteiger partial charge in [0.1, 0.15) is 5.82 Å². The van der Waals surface area contributed by atoms with Gasteiger partial charge in [0.25, 0.3) is 0 Å². The summed E-state index contributed by atoms with van der Waals surface area (Å²) in [6.07, 6.45) is 0. The molecule has 2 aromatic rings. The van der Waals surface area contributed by atoms with Crippen molar-refractivity contribution in [3.63, 3.8) is 0 Å². The first-order chi connectivity index (χ1) is 7.58. The number of benzene rings is 1. The molecule has 7 heteroatoms. The van der Waals surface area contributed by atoms with Gasteiger partial charge in [-0.15, -0.1) is 15.0 Å². The molecule has 0 unspecified atom stereocenters. The van der Waals surface area contributed by atoms with Crippen LogP contribution in [-0.2, 0) is 0 Å². The summed E-state index contributed by atoms with van der Waals surface area (Å²) in [5.41, 5.74) is 0.291. The van der Waals surface area contributed by atoms with Crippen molar-refractivity contribution >= 4 is 21.9 Å². The van der Waals surface area contributed by atoms with Gasteiger partial charge in [-0.05, 0) is 40.2 Å². The largest absolute Gasteiger partial charge is 0.476 e. The van der Waals surface area contributed by atoms with E-state index in [1.807, 2.05) is 0 Å². The van der Waals surface area contributed by atoms with E-state index >= 15 is 0 Å². The van der Waals surface area contributed by atoms with Crippen LogP contribution in [0.3, 0.4) is 0 Å². The van der Waals surface area contributed by atoms with Crippen molar-refractivity contribution in [3.8, 4) is 5.69 Å². The fourth-order valence-electron chi connectivity index (χ4n) is 1.11. The van der Waals surface area contributed by atoms with Gasteiger partial charge in [0.05, 0.1) is 5.69 Å². The number of hydrogen-bond acceptors (Lipinski definition) is 3. The highest BCUT2D eigenvalue weighted by molar-refractivity contribution is 9.10. The van der Waals surface area contributed by atoms with Crippen LogP contribution >= 0.6 is 15.9 Å². The Balaban J connectivity index is 2.45. The molecular weight excluding hydrogens is 281 g/mol. The minimum Gasteiger partial charge on any atom is -0.476 e. The van der Waals surface area contributed by atoms with Crippen LogP contribution in [0.4, 0.5) is 4.39 Å². The summed E-state index contributed by atoms with van der Waals surface area (Å²) in [6, 6.07) is 5.39. The number of carboxylic acids is 1. The van der Waals surface area contributed by atoms with Crippen LogP contribution in [-0.4, -0.2) is 26.1 Å². The second-order valence-electron chi connectivity index (χ2n) is 2.91. The second kappa shape index (κ2) is 4.01. The number of halogens is 2. The van der Waals surface area contributed by atoms with Crippen molar-refractivity contribution < 1.29 is 14.3 Å². The van der Waals surface area contributed by atoms with Gasteiger partial charge in [0.2, 0.25) is 5.69 Å². The average molecular weight is 286 g/mol. The highest BCUT2D eigenvalue weighted by atomic mass is 79.9. The number of hydrogen-bond donors (Lipinski definition) is 1. The molecule has 0 aliphatic carbocycles. The van der Waals surface area contributed by atoms with Crippen LogP contribution in [0.15, 0.2) is 28.9 Å². The molecule has 5 nitrogen and oxygen atoms in total. The minimum atomic E-state index is -1.18. The van der Waals surface area contributed by atoms with Crippen molar-refractivity contribution in [3.05, 3.63) is 40.4 Å². The van der Waals surface area contributed by atoms with E-state index in [0.717, 1.165) is 4.80 Å². The Morgan fingerprint density at radius 1 is 1.31 bits per heavy atom. The molecule has 2 rings (SSSR count). The maximum absolute atomic E-state index is 12.7. The maximum atomic E-state index is 12.7. The first-order valence-corrected chi connectivity index (χ1v) is 4.99. The molecule has 0 fully saturated rings. The van der Waals surface area contributed by atoms with Gasteiger partial charge in [0, 0.05) is 0 Å². The Hall–Kier alpha value is -1.76. The Labute approximate surface area is 97.6 Å². The van der Waals surface area contributed by atoms with Crippen molar-refractivity contribution in [1.82, 2.24) is 15.0 Å². The highest BCUT2D eigenvalue weighted by Crippen LogP contribution is 2.14. The molecule has 1 aromatic heterocycles. The van der Waals surface area contributed by atoms with Gasteiger partial charge in [0.15, 0.2) is 4.60 Å². The summed E-state index contributed by atoms with van der Waals surface area (Å²) in [6.45, 7) is 0. The molecule has 1 aromatic carbocycles. The van der Waals surface area contributed by atoms with E-state index in [4.69, 9.17) is 5.11 Å². The van der Waals surface area contributed by atoms with Crippen molar-refractivity contribution in [2.24, 2.45) is 0 Å². The first kappa shape index (κ1) is 10.7. The summed E-state index contributed by atoms with van der Waals surface area (Å²) in [7, 11) is 0. The van der Waals surface area contributed by atoms with Crippen LogP contribution < -0.4 is 0 Å². The van der Waals surface area contributed by atoms with Crippen LogP contribution in [0, 0.1) is 5.82 Å². The molecule has 0 aliphatic heterocycles. The van der Waals surface area contributed by atoms with Crippen LogP contribution in [0.2, 0.25) is 0 Å². The molecule has 1 heterocycles.